The van der Waals surface area contributed by atoms with Crippen LogP contribution in [0.25, 0.3) is 10.9 Å². The number of nitrogens with zero attached hydrogens (tertiary/aromatic N) is 1. The molecule has 0 saturated carbocycles. The molecule has 1 aromatic heterocycles. The van der Waals surface area contributed by atoms with Crippen molar-refractivity contribution in [2.45, 2.75) is 13.3 Å². The zero-order chi connectivity index (χ0) is 11.7. The Labute approximate surface area is 107 Å². The van der Waals surface area contributed by atoms with Crippen LogP contribution in [0.15, 0.2) is 18.2 Å². The maximum absolute atomic E-state index is 13.8. The Morgan fingerprint density at radius 3 is 2.81 bits per heavy atom. The van der Waals surface area contributed by atoms with Crippen LogP contribution in [0.1, 0.15) is 11.3 Å². The number of hydrogen-bond donors (Lipinski definition) is 0. The summed E-state index contributed by atoms with van der Waals surface area (Å²) in [7, 11) is 0. The number of pyridine rings is 1. The Morgan fingerprint density at radius 1 is 1.38 bits per heavy atom. The second-order valence-corrected chi connectivity index (χ2v) is 4.86. The Bertz CT molecular complexity index is 542. The molecule has 0 atom stereocenters. The summed E-state index contributed by atoms with van der Waals surface area (Å²) in [5.41, 5.74) is 2.00. The molecule has 0 aliphatic carbocycles. The van der Waals surface area contributed by atoms with Gasteiger partial charge in [-0.2, -0.15) is 0 Å². The second kappa shape index (κ2) is 4.68. The third kappa shape index (κ3) is 2.20. The van der Waals surface area contributed by atoms with Crippen molar-refractivity contribution in [2.75, 3.05) is 5.33 Å². The average molecular weight is 303 g/mol. The molecule has 16 heavy (non-hydrogen) atoms. The van der Waals surface area contributed by atoms with Crippen LogP contribution in [-0.2, 0) is 6.42 Å². The fourth-order valence-electron chi connectivity index (χ4n) is 1.67. The van der Waals surface area contributed by atoms with Crippen LogP contribution in [0.2, 0.25) is 5.02 Å². The highest BCUT2D eigenvalue weighted by Crippen LogP contribution is 2.26. The molecule has 0 fully saturated rings. The summed E-state index contributed by atoms with van der Waals surface area (Å²) in [6, 6.07) is 5.17. The Hall–Kier alpha value is -0.670. The summed E-state index contributed by atoms with van der Waals surface area (Å²) in [5, 5.41) is 2.04. The quantitative estimate of drug-likeness (QED) is 0.755. The Kier molecular flexibility index (Phi) is 3.45. The van der Waals surface area contributed by atoms with Crippen molar-refractivity contribution in [3.63, 3.8) is 0 Å². The van der Waals surface area contributed by atoms with E-state index in [2.05, 4.69) is 20.9 Å². The van der Waals surface area contributed by atoms with Gasteiger partial charge in [-0.25, -0.2) is 9.37 Å². The third-order valence-corrected chi connectivity index (χ3v) is 3.10. The van der Waals surface area contributed by atoms with Crippen LogP contribution < -0.4 is 0 Å². The minimum Gasteiger partial charge on any atom is -0.250 e. The first-order chi connectivity index (χ1) is 7.61. The summed E-state index contributed by atoms with van der Waals surface area (Å²) >= 11 is 9.42. The molecule has 84 valence electrons. The Morgan fingerprint density at radius 2 is 2.12 bits per heavy atom. The minimum absolute atomic E-state index is 0.306. The highest BCUT2D eigenvalue weighted by molar-refractivity contribution is 9.09. The first-order valence-electron chi connectivity index (χ1n) is 4.93. The van der Waals surface area contributed by atoms with E-state index in [4.69, 9.17) is 11.6 Å². The van der Waals surface area contributed by atoms with Gasteiger partial charge in [0.25, 0.3) is 0 Å². The molecule has 0 radical (unpaired) electrons. The molecular weight excluding hydrogens is 292 g/mol. The van der Waals surface area contributed by atoms with E-state index in [9.17, 15) is 4.39 Å². The Balaban J connectivity index is 2.71. The second-order valence-electron chi connectivity index (χ2n) is 3.66. The number of rotatable bonds is 2. The van der Waals surface area contributed by atoms with E-state index >= 15 is 0 Å². The van der Waals surface area contributed by atoms with Crippen molar-refractivity contribution in [2.24, 2.45) is 0 Å². The SMILES string of the molecule is Cc1cc(Cl)c2cc(CCBr)cc(F)c2n1. The zero-order valence-electron chi connectivity index (χ0n) is 8.73. The summed E-state index contributed by atoms with van der Waals surface area (Å²) in [4.78, 5) is 4.17. The predicted octanol–water partition coefficient (Wildman–Crippen LogP) is 4.27. The molecule has 1 nitrogen and oxygen atoms in total. The van der Waals surface area contributed by atoms with Crippen molar-refractivity contribution < 1.29 is 4.39 Å². The van der Waals surface area contributed by atoms with Gasteiger partial charge in [0.2, 0.25) is 0 Å². The van der Waals surface area contributed by atoms with Crippen molar-refractivity contribution in [3.05, 3.63) is 40.3 Å². The smallest absolute Gasteiger partial charge is 0.149 e. The van der Waals surface area contributed by atoms with Gasteiger partial charge in [-0.15, -0.1) is 0 Å². The van der Waals surface area contributed by atoms with Crippen molar-refractivity contribution in [1.29, 1.82) is 0 Å². The van der Waals surface area contributed by atoms with Crippen LogP contribution in [0, 0.1) is 12.7 Å². The van der Waals surface area contributed by atoms with Gasteiger partial charge in [-0.05, 0) is 37.1 Å². The normalized spacial score (nSPS) is 11.0. The van der Waals surface area contributed by atoms with Crippen LogP contribution in [0.3, 0.4) is 0 Å². The number of halogens is 3. The molecule has 1 heterocycles. The molecule has 1 aromatic carbocycles. The van der Waals surface area contributed by atoms with Gasteiger partial charge in [-0.3, -0.25) is 0 Å². The van der Waals surface area contributed by atoms with Gasteiger partial charge in [0.1, 0.15) is 11.3 Å². The number of alkyl halides is 1. The highest BCUT2D eigenvalue weighted by Gasteiger charge is 2.09. The van der Waals surface area contributed by atoms with Gasteiger partial charge in [0.15, 0.2) is 0 Å². The summed E-state index contributed by atoms with van der Waals surface area (Å²) < 4.78 is 13.8. The minimum atomic E-state index is -0.306. The lowest BCUT2D eigenvalue weighted by molar-refractivity contribution is 0.634. The van der Waals surface area contributed by atoms with Crippen LogP contribution in [0.4, 0.5) is 4.39 Å². The average Bonchev–Trinajstić information content (AvgIpc) is 2.20. The molecule has 2 aromatic rings. The standard InChI is InChI=1S/C12H10BrClFN/c1-7-4-10(14)9-5-8(2-3-13)6-11(15)12(9)16-7/h4-6H,2-3H2,1H3. The lowest BCUT2D eigenvalue weighted by atomic mass is 10.1. The summed E-state index contributed by atoms with van der Waals surface area (Å²) in [5.74, 6) is -0.306. The molecule has 2 rings (SSSR count). The number of benzene rings is 1. The van der Waals surface area contributed by atoms with Crippen LogP contribution in [0.5, 0.6) is 0 Å². The zero-order valence-corrected chi connectivity index (χ0v) is 11.1. The number of aromatic nitrogens is 1. The molecule has 0 unspecified atom stereocenters. The van der Waals surface area contributed by atoms with Gasteiger partial charge in [0.05, 0.1) is 5.02 Å². The molecule has 0 aliphatic heterocycles. The van der Waals surface area contributed by atoms with Crippen molar-refractivity contribution in [3.8, 4) is 0 Å². The molecule has 0 saturated heterocycles. The van der Waals surface area contributed by atoms with E-state index in [1.54, 1.807) is 13.0 Å². The molecule has 0 bridgehead atoms. The maximum atomic E-state index is 13.8. The predicted molar refractivity (Wildman–Crippen MR) is 68.9 cm³/mol. The topological polar surface area (TPSA) is 12.9 Å². The first kappa shape index (κ1) is 11.8. The summed E-state index contributed by atoms with van der Waals surface area (Å²) in [6.45, 7) is 1.80. The molecule has 0 aliphatic rings. The molecule has 0 spiro atoms. The van der Waals surface area contributed by atoms with E-state index in [-0.39, 0.29) is 5.82 Å². The molecule has 0 amide bonds. The van der Waals surface area contributed by atoms with E-state index in [0.717, 1.165) is 23.0 Å². The highest BCUT2D eigenvalue weighted by atomic mass is 79.9. The lowest BCUT2D eigenvalue weighted by Gasteiger charge is -2.06. The van der Waals surface area contributed by atoms with E-state index < -0.39 is 0 Å². The fraction of sp³-hybridized carbons (Fsp3) is 0.250. The summed E-state index contributed by atoms with van der Waals surface area (Å²) in [6.07, 6.45) is 0.775. The molecular formula is C12H10BrClFN. The first-order valence-corrected chi connectivity index (χ1v) is 6.43. The van der Waals surface area contributed by atoms with Crippen LogP contribution >= 0.6 is 27.5 Å². The monoisotopic (exact) mass is 301 g/mol. The van der Waals surface area contributed by atoms with Crippen LogP contribution in [-0.4, -0.2) is 10.3 Å². The van der Waals surface area contributed by atoms with Gasteiger partial charge < -0.3 is 0 Å². The molecule has 0 N–H and O–H groups in total. The van der Waals surface area contributed by atoms with E-state index in [0.29, 0.717) is 15.9 Å². The maximum Gasteiger partial charge on any atom is 0.149 e. The van der Waals surface area contributed by atoms with E-state index in [1.165, 1.54) is 6.07 Å². The largest absolute Gasteiger partial charge is 0.250 e. The number of fused-ring (bicyclic) bond motifs is 1. The lowest BCUT2D eigenvalue weighted by Crippen LogP contribution is -1.93. The van der Waals surface area contributed by atoms with Gasteiger partial charge in [0, 0.05) is 16.4 Å². The van der Waals surface area contributed by atoms with Gasteiger partial charge >= 0.3 is 0 Å². The molecule has 4 heteroatoms. The van der Waals surface area contributed by atoms with E-state index in [1.807, 2.05) is 6.07 Å². The van der Waals surface area contributed by atoms with Gasteiger partial charge in [-0.1, -0.05) is 27.5 Å². The van der Waals surface area contributed by atoms with Crippen molar-refractivity contribution >= 4 is 38.4 Å². The third-order valence-electron chi connectivity index (χ3n) is 2.39. The number of aryl methyl sites for hydroxylation is 2. The van der Waals surface area contributed by atoms with Crippen molar-refractivity contribution in [1.82, 2.24) is 4.98 Å². The number of hydrogen-bond acceptors (Lipinski definition) is 1. The fourth-order valence-corrected chi connectivity index (χ4v) is 2.43.